The van der Waals surface area contributed by atoms with E-state index in [1.807, 2.05) is 13.2 Å². The van der Waals surface area contributed by atoms with E-state index in [0.29, 0.717) is 0 Å². The second-order valence-corrected chi connectivity index (χ2v) is 5.03. The van der Waals surface area contributed by atoms with E-state index in [9.17, 15) is 9.59 Å². The van der Waals surface area contributed by atoms with E-state index in [1.54, 1.807) is 30.6 Å². The SMILES string of the molecule is CSCC(C)N(C)C(=O)c1c[nH]c(C)cc1=O. The van der Waals surface area contributed by atoms with Gasteiger partial charge in [-0.3, -0.25) is 9.59 Å². The van der Waals surface area contributed by atoms with Gasteiger partial charge in [-0.25, -0.2) is 0 Å². The maximum absolute atomic E-state index is 12.1. The first-order valence-electron chi connectivity index (χ1n) is 5.42. The van der Waals surface area contributed by atoms with Gasteiger partial charge in [-0.15, -0.1) is 0 Å². The Kier molecular flexibility index (Phi) is 4.81. The molecule has 0 spiro atoms. The fourth-order valence-electron chi connectivity index (χ4n) is 1.48. The molecule has 0 fully saturated rings. The molecule has 0 bridgehead atoms. The number of hydrogen-bond acceptors (Lipinski definition) is 3. The number of nitrogens with one attached hydrogen (secondary N) is 1. The van der Waals surface area contributed by atoms with Crippen molar-refractivity contribution >= 4 is 17.7 Å². The van der Waals surface area contributed by atoms with Crippen LogP contribution in [-0.4, -0.2) is 40.9 Å². The summed E-state index contributed by atoms with van der Waals surface area (Å²) in [5, 5.41) is 0. The Bertz CT molecular complexity index is 456. The lowest BCUT2D eigenvalue weighted by molar-refractivity contribution is 0.0756. The fraction of sp³-hybridized carbons (Fsp3) is 0.500. The summed E-state index contributed by atoms with van der Waals surface area (Å²) in [4.78, 5) is 28.3. The van der Waals surface area contributed by atoms with Crippen molar-refractivity contribution in [2.45, 2.75) is 19.9 Å². The number of nitrogens with zero attached hydrogens (tertiary/aromatic N) is 1. The summed E-state index contributed by atoms with van der Waals surface area (Å²) in [5.74, 6) is 0.624. The van der Waals surface area contributed by atoms with Crippen LogP contribution in [0.1, 0.15) is 23.0 Å². The third-order valence-corrected chi connectivity index (χ3v) is 3.49. The van der Waals surface area contributed by atoms with Gasteiger partial charge in [0.2, 0.25) is 0 Å². The molecular formula is C12H18N2O2S. The van der Waals surface area contributed by atoms with Gasteiger partial charge < -0.3 is 9.88 Å². The molecule has 0 radical (unpaired) electrons. The van der Waals surface area contributed by atoms with Crippen molar-refractivity contribution in [1.29, 1.82) is 0 Å². The van der Waals surface area contributed by atoms with E-state index in [4.69, 9.17) is 0 Å². The quantitative estimate of drug-likeness (QED) is 0.886. The third kappa shape index (κ3) is 3.36. The molecule has 1 N–H and O–H groups in total. The second-order valence-electron chi connectivity index (χ2n) is 4.11. The monoisotopic (exact) mass is 254 g/mol. The molecule has 0 aliphatic rings. The number of aromatic nitrogens is 1. The minimum Gasteiger partial charge on any atom is -0.364 e. The van der Waals surface area contributed by atoms with E-state index < -0.39 is 0 Å². The van der Waals surface area contributed by atoms with Crippen molar-refractivity contribution in [3.8, 4) is 0 Å². The lowest BCUT2D eigenvalue weighted by Gasteiger charge is -2.24. The van der Waals surface area contributed by atoms with Crippen molar-refractivity contribution in [2.75, 3.05) is 19.1 Å². The lowest BCUT2D eigenvalue weighted by Crippen LogP contribution is -2.38. The Hall–Kier alpha value is -1.23. The molecular weight excluding hydrogens is 236 g/mol. The van der Waals surface area contributed by atoms with E-state index in [-0.39, 0.29) is 22.9 Å². The molecule has 5 heteroatoms. The highest BCUT2D eigenvalue weighted by atomic mass is 32.2. The Labute approximate surface area is 105 Å². The van der Waals surface area contributed by atoms with Crippen molar-refractivity contribution in [3.05, 3.63) is 33.7 Å². The highest BCUT2D eigenvalue weighted by Gasteiger charge is 2.19. The summed E-state index contributed by atoms with van der Waals surface area (Å²) in [5.41, 5.74) is 0.729. The van der Waals surface area contributed by atoms with Crippen molar-refractivity contribution < 1.29 is 4.79 Å². The third-order valence-electron chi connectivity index (χ3n) is 2.68. The molecule has 0 saturated carbocycles. The average molecular weight is 254 g/mol. The first-order valence-corrected chi connectivity index (χ1v) is 6.82. The molecule has 94 valence electrons. The van der Waals surface area contributed by atoms with Gasteiger partial charge >= 0.3 is 0 Å². The molecule has 17 heavy (non-hydrogen) atoms. The minimum atomic E-state index is -0.229. The number of aromatic amines is 1. The summed E-state index contributed by atoms with van der Waals surface area (Å²) < 4.78 is 0. The van der Waals surface area contributed by atoms with Gasteiger partial charge in [0, 0.05) is 36.8 Å². The second kappa shape index (κ2) is 5.91. The van der Waals surface area contributed by atoms with Gasteiger partial charge in [0.05, 0.1) is 0 Å². The van der Waals surface area contributed by atoms with Gasteiger partial charge in [0.1, 0.15) is 5.56 Å². The van der Waals surface area contributed by atoms with Gasteiger partial charge in [0.25, 0.3) is 5.91 Å². The van der Waals surface area contributed by atoms with Crippen LogP contribution in [0.5, 0.6) is 0 Å². The largest absolute Gasteiger partial charge is 0.364 e. The molecule has 1 aromatic rings. The predicted molar refractivity (Wildman–Crippen MR) is 71.7 cm³/mol. The number of rotatable bonds is 4. The van der Waals surface area contributed by atoms with Gasteiger partial charge in [-0.1, -0.05) is 0 Å². The maximum atomic E-state index is 12.1. The molecule has 0 saturated heterocycles. The zero-order chi connectivity index (χ0) is 13.0. The molecule has 1 unspecified atom stereocenters. The summed E-state index contributed by atoms with van der Waals surface area (Å²) in [6.45, 7) is 3.76. The van der Waals surface area contributed by atoms with Crippen molar-refractivity contribution in [2.24, 2.45) is 0 Å². The Balaban J connectivity index is 2.93. The van der Waals surface area contributed by atoms with Crippen LogP contribution in [0, 0.1) is 6.92 Å². The molecule has 4 nitrogen and oxygen atoms in total. The number of H-pyrrole nitrogens is 1. The smallest absolute Gasteiger partial charge is 0.259 e. The molecule has 1 heterocycles. The average Bonchev–Trinajstić information content (AvgIpc) is 2.27. The first-order chi connectivity index (χ1) is 7.97. The number of pyridine rings is 1. The Morgan fingerprint density at radius 3 is 2.76 bits per heavy atom. The summed E-state index contributed by atoms with van der Waals surface area (Å²) in [6.07, 6.45) is 3.48. The summed E-state index contributed by atoms with van der Waals surface area (Å²) >= 11 is 1.68. The molecule has 0 aromatic carbocycles. The first kappa shape index (κ1) is 13.8. The Morgan fingerprint density at radius 1 is 1.59 bits per heavy atom. The van der Waals surface area contributed by atoms with Crippen molar-refractivity contribution in [1.82, 2.24) is 9.88 Å². The Morgan fingerprint density at radius 2 is 2.24 bits per heavy atom. The van der Waals surface area contributed by atoms with Crippen LogP contribution in [0.2, 0.25) is 0 Å². The van der Waals surface area contributed by atoms with Crippen LogP contribution >= 0.6 is 11.8 Å². The topological polar surface area (TPSA) is 53.2 Å². The van der Waals surface area contributed by atoms with Crippen LogP contribution in [0.4, 0.5) is 0 Å². The molecule has 0 aliphatic carbocycles. The van der Waals surface area contributed by atoms with E-state index in [1.165, 1.54) is 12.3 Å². The van der Waals surface area contributed by atoms with Crippen LogP contribution in [0.25, 0.3) is 0 Å². The van der Waals surface area contributed by atoms with Gasteiger partial charge in [-0.2, -0.15) is 11.8 Å². The highest BCUT2D eigenvalue weighted by molar-refractivity contribution is 7.98. The fourth-order valence-corrected chi connectivity index (χ4v) is 2.19. The summed E-state index contributed by atoms with van der Waals surface area (Å²) in [6, 6.07) is 1.55. The normalized spacial score (nSPS) is 12.2. The number of carbonyl (C=O) groups excluding carboxylic acids is 1. The molecule has 1 amide bonds. The van der Waals surface area contributed by atoms with Gasteiger partial charge in [-0.05, 0) is 20.1 Å². The molecule has 0 aliphatic heterocycles. The molecule has 1 atom stereocenters. The van der Waals surface area contributed by atoms with E-state index in [2.05, 4.69) is 4.98 Å². The minimum absolute atomic E-state index is 0.109. The van der Waals surface area contributed by atoms with Crippen molar-refractivity contribution in [3.63, 3.8) is 0 Å². The predicted octanol–water partition coefficient (Wildman–Crippen LogP) is 1.51. The van der Waals surface area contributed by atoms with Crippen LogP contribution in [-0.2, 0) is 0 Å². The van der Waals surface area contributed by atoms with Crippen LogP contribution < -0.4 is 5.43 Å². The van der Waals surface area contributed by atoms with E-state index in [0.717, 1.165) is 11.4 Å². The number of amides is 1. The maximum Gasteiger partial charge on any atom is 0.259 e. The number of hydrogen-bond donors (Lipinski definition) is 1. The summed E-state index contributed by atoms with van der Waals surface area (Å²) in [7, 11) is 1.72. The van der Waals surface area contributed by atoms with E-state index >= 15 is 0 Å². The standard InChI is InChI=1S/C12H18N2O2S/c1-8-5-11(15)10(6-13-8)12(16)14(3)9(2)7-17-4/h5-6,9H,7H2,1-4H3,(H,13,15). The molecule has 1 aromatic heterocycles. The number of thioether (sulfide) groups is 1. The van der Waals surface area contributed by atoms with Crippen LogP contribution in [0.3, 0.4) is 0 Å². The zero-order valence-corrected chi connectivity index (χ0v) is 11.4. The lowest BCUT2D eigenvalue weighted by atomic mass is 10.2. The number of carbonyl (C=O) groups is 1. The number of aryl methyl sites for hydroxylation is 1. The van der Waals surface area contributed by atoms with Gasteiger partial charge in [0.15, 0.2) is 5.43 Å². The highest BCUT2D eigenvalue weighted by Crippen LogP contribution is 2.07. The molecule has 1 rings (SSSR count). The zero-order valence-electron chi connectivity index (χ0n) is 10.6. The van der Waals surface area contributed by atoms with Crippen LogP contribution in [0.15, 0.2) is 17.1 Å².